The summed E-state index contributed by atoms with van der Waals surface area (Å²) in [5, 5.41) is 13.9. The van der Waals surface area contributed by atoms with E-state index in [0.29, 0.717) is 15.2 Å². The smallest absolute Gasteiger partial charge is 0.329 e. The Hall–Kier alpha value is -1.31. The van der Waals surface area contributed by atoms with Crippen LogP contribution in [0.5, 0.6) is 0 Å². The van der Waals surface area contributed by atoms with E-state index in [2.05, 4.69) is 26.6 Å². The normalized spacial score (nSPS) is 10.0. The molecule has 8 heteroatoms. The number of nitrogens with one attached hydrogen (secondary N) is 2. The number of carboxylic acid groups (broad SMARTS) is 1. The SMILES string of the molecule is O=C(O)COCCNC(=O)Nc1cccc(Cl)c1Br. The molecular weight excluding hydrogens is 339 g/mol. The van der Waals surface area contributed by atoms with E-state index in [1.165, 1.54) is 0 Å². The molecule has 3 N–H and O–H groups in total. The molecule has 0 fully saturated rings. The van der Waals surface area contributed by atoms with Crippen LogP contribution in [0.4, 0.5) is 10.5 Å². The average Bonchev–Trinajstić information content (AvgIpc) is 2.34. The van der Waals surface area contributed by atoms with Gasteiger partial charge in [0, 0.05) is 6.54 Å². The lowest BCUT2D eigenvalue weighted by Gasteiger charge is -2.09. The van der Waals surface area contributed by atoms with Crippen LogP contribution in [0.15, 0.2) is 22.7 Å². The molecule has 1 aromatic carbocycles. The van der Waals surface area contributed by atoms with Crippen molar-refractivity contribution in [3.63, 3.8) is 0 Å². The molecule has 0 aromatic heterocycles. The van der Waals surface area contributed by atoms with Crippen LogP contribution < -0.4 is 10.6 Å². The second-order valence-electron chi connectivity index (χ2n) is 3.43. The Morgan fingerprint density at radius 2 is 2.16 bits per heavy atom. The molecule has 0 saturated heterocycles. The fourth-order valence-electron chi connectivity index (χ4n) is 1.16. The lowest BCUT2D eigenvalue weighted by Crippen LogP contribution is -2.32. The summed E-state index contributed by atoms with van der Waals surface area (Å²) in [5.41, 5.74) is 0.538. The Bertz CT molecular complexity index is 470. The molecule has 104 valence electrons. The fraction of sp³-hybridized carbons (Fsp3) is 0.273. The number of ether oxygens (including phenoxy) is 1. The van der Waals surface area contributed by atoms with Gasteiger partial charge in [0.2, 0.25) is 0 Å². The Labute approximate surface area is 123 Å². The van der Waals surface area contributed by atoms with Gasteiger partial charge in [-0.15, -0.1) is 0 Å². The third-order valence-corrected chi connectivity index (χ3v) is 3.35. The number of hydrogen-bond acceptors (Lipinski definition) is 3. The van der Waals surface area contributed by atoms with Gasteiger partial charge in [-0.05, 0) is 28.1 Å². The topological polar surface area (TPSA) is 87.7 Å². The van der Waals surface area contributed by atoms with Crippen molar-refractivity contribution < 1.29 is 19.4 Å². The largest absolute Gasteiger partial charge is 0.480 e. The minimum absolute atomic E-state index is 0.121. The number of anilines is 1. The molecule has 0 aliphatic carbocycles. The van der Waals surface area contributed by atoms with Crippen LogP contribution in [0, 0.1) is 0 Å². The summed E-state index contributed by atoms with van der Waals surface area (Å²) < 4.78 is 5.36. The minimum atomic E-state index is -1.05. The molecular formula is C11H12BrClN2O4. The first-order valence-corrected chi connectivity index (χ1v) is 6.46. The standard InChI is InChI=1S/C11H12BrClN2O4/c12-10-7(13)2-1-3-8(10)15-11(18)14-4-5-19-6-9(16)17/h1-3H,4-6H2,(H,16,17)(H2,14,15,18). The molecule has 6 nitrogen and oxygen atoms in total. The maximum atomic E-state index is 11.5. The molecule has 1 rings (SSSR count). The van der Waals surface area contributed by atoms with Gasteiger partial charge in [-0.25, -0.2) is 9.59 Å². The number of amides is 2. The van der Waals surface area contributed by atoms with Gasteiger partial charge in [-0.1, -0.05) is 17.7 Å². The van der Waals surface area contributed by atoms with Crippen LogP contribution in [-0.4, -0.2) is 36.9 Å². The minimum Gasteiger partial charge on any atom is -0.480 e. The van der Waals surface area contributed by atoms with Crippen molar-refractivity contribution in [3.8, 4) is 0 Å². The predicted molar refractivity (Wildman–Crippen MR) is 74.6 cm³/mol. The lowest BCUT2D eigenvalue weighted by atomic mass is 10.3. The Morgan fingerprint density at radius 1 is 1.42 bits per heavy atom. The van der Waals surface area contributed by atoms with Crippen LogP contribution in [-0.2, 0) is 9.53 Å². The first-order valence-electron chi connectivity index (χ1n) is 5.29. The number of benzene rings is 1. The van der Waals surface area contributed by atoms with Gasteiger partial charge in [-0.2, -0.15) is 0 Å². The van der Waals surface area contributed by atoms with Gasteiger partial charge in [0.15, 0.2) is 0 Å². The Balaban J connectivity index is 2.31. The number of carbonyl (C=O) groups is 2. The highest BCUT2D eigenvalue weighted by molar-refractivity contribution is 9.10. The van der Waals surface area contributed by atoms with Gasteiger partial charge in [0.05, 0.1) is 21.8 Å². The molecule has 1 aromatic rings. The summed E-state index contributed by atoms with van der Waals surface area (Å²) in [5.74, 6) is -1.05. The lowest BCUT2D eigenvalue weighted by molar-refractivity contribution is -0.142. The van der Waals surface area contributed by atoms with E-state index in [9.17, 15) is 9.59 Å². The summed E-state index contributed by atoms with van der Waals surface area (Å²) in [4.78, 5) is 21.7. The summed E-state index contributed by atoms with van der Waals surface area (Å²) >= 11 is 9.13. The number of rotatable bonds is 6. The quantitative estimate of drug-likeness (QED) is 0.686. The van der Waals surface area contributed by atoms with Crippen LogP contribution >= 0.6 is 27.5 Å². The first kappa shape index (κ1) is 15.7. The molecule has 19 heavy (non-hydrogen) atoms. The van der Waals surface area contributed by atoms with Crippen LogP contribution in [0.25, 0.3) is 0 Å². The number of aliphatic carboxylic acids is 1. The third kappa shape index (κ3) is 5.91. The molecule has 0 heterocycles. The Morgan fingerprint density at radius 3 is 2.84 bits per heavy atom. The van der Waals surface area contributed by atoms with Crippen LogP contribution in [0.1, 0.15) is 0 Å². The van der Waals surface area contributed by atoms with E-state index < -0.39 is 12.0 Å². The summed E-state index contributed by atoms with van der Waals surface area (Å²) in [6, 6.07) is 4.66. The van der Waals surface area contributed by atoms with Crippen molar-refractivity contribution in [3.05, 3.63) is 27.7 Å². The zero-order valence-corrected chi connectivity index (χ0v) is 12.1. The summed E-state index contributed by atoms with van der Waals surface area (Å²) in [7, 11) is 0. The van der Waals surface area contributed by atoms with E-state index in [-0.39, 0.29) is 19.8 Å². The van der Waals surface area contributed by atoms with Crippen molar-refractivity contribution in [2.75, 3.05) is 25.1 Å². The van der Waals surface area contributed by atoms with Gasteiger partial charge >= 0.3 is 12.0 Å². The zero-order chi connectivity index (χ0) is 14.3. The number of carbonyl (C=O) groups excluding carboxylic acids is 1. The van der Waals surface area contributed by atoms with Crippen molar-refractivity contribution in [1.82, 2.24) is 5.32 Å². The molecule has 0 spiro atoms. The maximum Gasteiger partial charge on any atom is 0.329 e. The van der Waals surface area contributed by atoms with Crippen LogP contribution in [0.2, 0.25) is 5.02 Å². The number of hydrogen-bond donors (Lipinski definition) is 3. The first-order chi connectivity index (χ1) is 9.00. The summed E-state index contributed by atoms with van der Waals surface area (Å²) in [6.45, 7) is -0.0587. The molecule has 0 saturated carbocycles. The molecule has 2 amide bonds. The number of urea groups is 1. The van der Waals surface area contributed by atoms with E-state index >= 15 is 0 Å². The molecule has 0 unspecified atom stereocenters. The zero-order valence-electron chi connectivity index (χ0n) is 9.78. The van der Waals surface area contributed by atoms with Gasteiger partial charge in [-0.3, -0.25) is 0 Å². The molecule has 0 aliphatic heterocycles. The van der Waals surface area contributed by atoms with E-state index in [4.69, 9.17) is 21.4 Å². The number of halogens is 2. The van der Waals surface area contributed by atoms with Crippen molar-refractivity contribution in [2.45, 2.75) is 0 Å². The average molecular weight is 352 g/mol. The maximum absolute atomic E-state index is 11.5. The van der Waals surface area contributed by atoms with Crippen molar-refractivity contribution in [2.24, 2.45) is 0 Å². The van der Waals surface area contributed by atoms with Gasteiger partial charge < -0.3 is 20.5 Å². The number of carboxylic acids is 1. The van der Waals surface area contributed by atoms with E-state index in [1.54, 1.807) is 18.2 Å². The summed E-state index contributed by atoms with van der Waals surface area (Å²) in [6.07, 6.45) is 0. The highest BCUT2D eigenvalue weighted by Crippen LogP contribution is 2.29. The highest BCUT2D eigenvalue weighted by atomic mass is 79.9. The molecule has 0 aliphatic rings. The predicted octanol–water partition coefficient (Wildman–Crippen LogP) is 2.33. The second-order valence-corrected chi connectivity index (χ2v) is 4.63. The Kier molecular flexibility index (Phi) is 6.61. The van der Waals surface area contributed by atoms with E-state index in [0.717, 1.165) is 0 Å². The highest BCUT2D eigenvalue weighted by Gasteiger charge is 2.07. The van der Waals surface area contributed by atoms with Crippen molar-refractivity contribution >= 4 is 45.2 Å². The second kappa shape index (κ2) is 7.98. The van der Waals surface area contributed by atoms with Crippen LogP contribution in [0.3, 0.4) is 0 Å². The van der Waals surface area contributed by atoms with E-state index in [1.807, 2.05) is 0 Å². The third-order valence-electron chi connectivity index (χ3n) is 1.96. The molecule has 0 radical (unpaired) electrons. The van der Waals surface area contributed by atoms with Gasteiger partial charge in [0.25, 0.3) is 0 Å². The molecule has 0 bridgehead atoms. The van der Waals surface area contributed by atoms with Gasteiger partial charge in [0.1, 0.15) is 6.61 Å². The fourth-order valence-corrected chi connectivity index (χ4v) is 1.70. The van der Waals surface area contributed by atoms with Crippen molar-refractivity contribution in [1.29, 1.82) is 0 Å². The molecule has 0 atom stereocenters. The monoisotopic (exact) mass is 350 g/mol.